The smallest absolute Gasteiger partial charge is 0.253 e. The fraction of sp³-hybridized carbons (Fsp3) is 0.500. The quantitative estimate of drug-likeness (QED) is 0.815. The number of nitrogens with zero attached hydrogens (tertiary/aromatic N) is 1. The number of carbonyl (C=O) groups is 1. The first-order chi connectivity index (χ1) is 9.61. The molecule has 0 unspecified atom stereocenters. The molecular weight excluding hydrogens is 324 g/mol. The molecule has 0 spiro atoms. The van der Waals surface area contributed by atoms with Gasteiger partial charge in [-0.2, -0.15) is 0 Å². The lowest BCUT2D eigenvalue weighted by Crippen LogP contribution is -2.41. The van der Waals surface area contributed by atoms with Crippen LogP contribution in [0.4, 0.5) is 5.69 Å². The van der Waals surface area contributed by atoms with E-state index in [1.54, 1.807) is 18.2 Å². The summed E-state index contributed by atoms with van der Waals surface area (Å²) in [4.78, 5) is 14.2. The van der Waals surface area contributed by atoms with Crippen LogP contribution in [0.25, 0.3) is 0 Å². The third kappa shape index (κ3) is 3.71. The van der Waals surface area contributed by atoms with Gasteiger partial charge in [0, 0.05) is 28.8 Å². The van der Waals surface area contributed by atoms with Gasteiger partial charge in [0.2, 0.25) is 0 Å². The van der Waals surface area contributed by atoms with Crippen molar-refractivity contribution in [2.75, 3.05) is 32.0 Å². The van der Waals surface area contributed by atoms with E-state index >= 15 is 0 Å². The Labute approximate surface area is 126 Å². The summed E-state index contributed by atoms with van der Waals surface area (Å²) in [5, 5.41) is 8.73. The monoisotopic (exact) mass is 342 g/mol. The summed E-state index contributed by atoms with van der Waals surface area (Å²) >= 11 is 3.34. The van der Waals surface area contributed by atoms with Crippen LogP contribution in [0.15, 0.2) is 22.7 Å². The van der Waals surface area contributed by atoms with E-state index in [1.165, 1.54) is 0 Å². The number of rotatable bonds is 4. The van der Waals surface area contributed by atoms with E-state index in [0.29, 0.717) is 30.9 Å². The molecule has 110 valence electrons. The highest BCUT2D eigenvalue weighted by atomic mass is 79.9. The van der Waals surface area contributed by atoms with E-state index in [2.05, 4.69) is 15.9 Å². The molecule has 1 amide bonds. The van der Waals surface area contributed by atoms with Crippen molar-refractivity contribution in [1.29, 1.82) is 0 Å². The molecule has 1 heterocycles. The Kier molecular flexibility index (Phi) is 5.39. The number of piperidine rings is 1. The number of carbonyl (C=O) groups excluding carboxylic acids is 1. The molecular formula is C14H19BrN2O3. The SMILES string of the molecule is Nc1ccc(C(=O)N2CCC(OCCO)CC2)cc1Br. The lowest BCUT2D eigenvalue weighted by Gasteiger charge is -2.32. The van der Waals surface area contributed by atoms with Gasteiger partial charge in [-0.1, -0.05) is 0 Å². The number of halogens is 1. The molecule has 5 nitrogen and oxygen atoms in total. The van der Waals surface area contributed by atoms with Gasteiger partial charge in [0.05, 0.1) is 19.3 Å². The van der Waals surface area contributed by atoms with Gasteiger partial charge in [-0.25, -0.2) is 0 Å². The average molecular weight is 343 g/mol. The van der Waals surface area contributed by atoms with Crippen LogP contribution in [-0.4, -0.2) is 48.3 Å². The van der Waals surface area contributed by atoms with Crippen LogP contribution < -0.4 is 5.73 Å². The van der Waals surface area contributed by atoms with Crippen molar-refractivity contribution in [2.45, 2.75) is 18.9 Å². The Morgan fingerprint density at radius 1 is 1.45 bits per heavy atom. The fourth-order valence-electron chi connectivity index (χ4n) is 2.29. The zero-order valence-electron chi connectivity index (χ0n) is 11.2. The van der Waals surface area contributed by atoms with Gasteiger partial charge in [0.15, 0.2) is 0 Å². The molecule has 1 aromatic rings. The Morgan fingerprint density at radius 2 is 2.15 bits per heavy atom. The lowest BCUT2D eigenvalue weighted by atomic mass is 10.1. The summed E-state index contributed by atoms with van der Waals surface area (Å²) in [5.74, 6) is 0.0197. The van der Waals surface area contributed by atoms with Crippen LogP contribution in [-0.2, 0) is 4.74 Å². The van der Waals surface area contributed by atoms with Crippen molar-refractivity contribution in [3.05, 3.63) is 28.2 Å². The van der Waals surface area contributed by atoms with Gasteiger partial charge in [-0.15, -0.1) is 0 Å². The molecule has 6 heteroatoms. The van der Waals surface area contributed by atoms with Crippen LogP contribution in [0.5, 0.6) is 0 Å². The summed E-state index contributed by atoms with van der Waals surface area (Å²) < 4.78 is 6.23. The molecule has 3 N–H and O–H groups in total. The summed E-state index contributed by atoms with van der Waals surface area (Å²) in [7, 11) is 0. The molecule has 1 saturated heterocycles. The van der Waals surface area contributed by atoms with Gasteiger partial charge < -0.3 is 20.5 Å². The average Bonchev–Trinajstić information content (AvgIpc) is 2.48. The predicted octanol–water partition coefficient (Wildman–Crippen LogP) is 1.64. The maximum atomic E-state index is 12.4. The van der Waals surface area contributed by atoms with Gasteiger partial charge in [-0.3, -0.25) is 4.79 Å². The highest BCUT2D eigenvalue weighted by molar-refractivity contribution is 9.10. The first kappa shape index (κ1) is 15.3. The molecule has 0 bridgehead atoms. The topological polar surface area (TPSA) is 75.8 Å². The minimum atomic E-state index is 0.0197. The molecule has 1 aliphatic rings. The largest absolute Gasteiger partial charge is 0.398 e. The number of aliphatic hydroxyl groups excluding tert-OH is 1. The molecule has 0 atom stereocenters. The zero-order valence-corrected chi connectivity index (χ0v) is 12.8. The Hall–Kier alpha value is -1.11. The molecule has 1 fully saturated rings. The minimum absolute atomic E-state index is 0.0197. The number of likely N-dealkylation sites (tertiary alicyclic amines) is 1. The lowest BCUT2D eigenvalue weighted by molar-refractivity contribution is -0.00554. The standard InChI is InChI=1S/C14H19BrN2O3/c15-12-9-10(1-2-13(12)16)14(19)17-5-3-11(4-6-17)20-8-7-18/h1-2,9,11,18H,3-8,16H2. The van der Waals surface area contributed by atoms with Crippen LogP contribution in [0.3, 0.4) is 0 Å². The zero-order chi connectivity index (χ0) is 14.5. The van der Waals surface area contributed by atoms with Gasteiger partial charge in [-0.05, 0) is 47.0 Å². The van der Waals surface area contributed by atoms with Crippen molar-refractivity contribution in [3.63, 3.8) is 0 Å². The number of aliphatic hydroxyl groups is 1. The Balaban J connectivity index is 1.92. The second-order valence-electron chi connectivity index (χ2n) is 4.82. The number of benzene rings is 1. The number of ether oxygens (including phenoxy) is 1. The van der Waals surface area contributed by atoms with Crippen molar-refractivity contribution < 1.29 is 14.6 Å². The second-order valence-corrected chi connectivity index (χ2v) is 5.68. The third-order valence-corrected chi connectivity index (χ3v) is 4.11. The number of amides is 1. The molecule has 1 aromatic carbocycles. The van der Waals surface area contributed by atoms with Crippen molar-refractivity contribution in [1.82, 2.24) is 4.90 Å². The number of hydrogen-bond acceptors (Lipinski definition) is 4. The van der Waals surface area contributed by atoms with E-state index in [-0.39, 0.29) is 18.6 Å². The van der Waals surface area contributed by atoms with E-state index in [4.69, 9.17) is 15.6 Å². The third-order valence-electron chi connectivity index (χ3n) is 3.42. The number of hydrogen-bond donors (Lipinski definition) is 2. The van der Waals surface area contributed by atoms with Crippen molar-refractivity contribution in [3.8, 4) is 0 Å². The summed E-state index contributed by atoms with van der Waals surface area (Å²) in [6.07, 6.45) is 1.76. The first-order valence-electron chi connectivity index (χ1n) is 6.68. The summed E-state index contributed by atoms with van der Waals surface area (Å²) in [6, 6.07) is 5.23. The Bertz CT molecular complexity index is 473. The van der Waals surface area contributed by atoms with Gasteiger partial charge in [0.25, 0.3) is 5.91 Å². The first-order valence-corrected chi connectivity index (χ1v) is 7.48. The van der Waals surface area contributed by atoms with Gasteiger partial charge >= 0.3 is 0 Å². The van der Waals surface area contributed by atoms with Crippen molar-refractivity contribution in [2.24, 2.45) is 0 Å². The Morgan fingerprint density at radius 3 is 2.75 bits per heavy atom. The van der Waals surface area contributed by atoms with Crippen LogP contribution in [0, 0.1) is 0 Å². The van der Waals surface area contributed by atoms with E-state index < -0.39 is 0 Å². The normalized spacial score (nSPS) is 16.4. The van der Waals surface area contributed by atoms with Gasteiger partial charge in [0.1, 0.15) is 0 Å². The highest BCUT2D eigenvalue weighted by Gasteiger charge is 2.24. The van der Waals surface area contributed by atoms with Crippen LogP contribution in [0.1, 0.15) is 23.2 Å². The number of nitrogens with two attached hydrogens (primary N) is 1. The van der Waals surface area contributed by atoms with E-state index in [1.807, 2.05) is 4.90 Å². The van der Waals surface area contributed by atoms with Crippen LogP contribution >= 0.6 is 15.9 Å². The van der Waals surface area contributed by atoms with E-state index in [0.717, 1.165) is 17.3 Å². The number of anilines is 1. The highest BCUT2D eigenvalue weighted by Crippen LogP contribution is 2.22. The van der Waals surface area contributed by atoms with Crippen LogP contribution in [0.2, 0.25) is 0 Å². The molecule has 1 aliphatic heterocycles. The molecule has 20 heavy (non-hydrogen) atoms. The fourth-order valence-corrected chi connectivity index (χ4v) is 2.67. The molecule has 2 rings (SSSR count). The second kappa shape index (κ2) is 7.06. The molecule has 0 radical (unpaired) electrons. The summed E-state index contributed by atoms with van der Waals surface area (Å²) in [6.45, 7) is 1.76. The molecule has 0 saturated carbocycles. The minimum Gasteiger partial charge on any atom is -0.398 e. The maximum absolute atomic E-state index is 12.4. The molecule has 0 aliphatic carbocycles. The van der Waals surface area contributed by atoms with Crippen molar-refractivity contribution >= 4 is 27.5 Å². The molecule has 0 aromatic heterocycles. The predicted molar refractivity (Wildman–Crippen MR) is 80.5 cm³/mol. The number of nitrogen functional groups attached to an aromatic ring is 1. The van der Waals surface area contributed by atoms with E-state index in [9.17, 15) is 4.79 Å². The summed E-state index contributed by atoms with van der Waals surface area (Å²) in [5.41, 5.74) is 6.99. The maximum Gasteiger partial charge on any atom is 0.253 e.